The molecular formula is C23H22ClN3O4. The van der Waals surface area contributed by atoms with Crippen molar-refractivity contribution in [3.8, 4) is 0 Å². The number of halogens is 1. The molecule has 0 aromatic heterocycles. The van der Waals surface area contributed by atoms with Gasteiger partial charge in [-0.3, -0.25) is 24.6 Å². The van der Waals surface area contributed by atoms with Crippen molar-refractivity contribution in [3.05, 3.63) is 64.7 Å². The Morgan fingerprint density at radius 2 is 1.87 bits per heavy atom. The van der Waals surface area contributed by atoms with E-state index in [4.69, 9.17) is 11.6 Å². The number of rotatable bonds is 4. The Labute approximate surface area is 184 Å². The Bertz CT molecular complexity index is 1090. The number of benzene rings is 2. The summed E-state index contributed by atoms with van der Waals surface area (Å²) in [5, 5.41) is 16.8. The van der Waals surface area contributed by atoms with E-state index in [9.17, 15) is 19.5 Å². The second kappa shape index (κ2) is 7.15. The van der Waals surface area contributed by atoms with Crippen LogP contribution in [0.15, 0.2) is 48.5 Å². The summed E-state index contributed by atoms with van der Waals surface area (Å²) in [6.45, 7) is 1.78. The van der Waals surface area contributed by atoms with E-state index in [2.05, 4.69) is 10.6 Å². The van der Waals surface area contributed by atoms with E-state index in [1.165, 1.54) is 4.90 Å². The molecule has 3 amide bonds. The number of carbonyl (C=O) groups is 3. The van der Waals surface area contributed by atoms with E-state index < -0.39 is 41.3 Å². The monoisotopic (exact) mass is 439 g/mol. The fourth-order valence-corrected chi connectivity index (χ4v) is 5.46. The predicted molar refractivity (Wildman–Crippen MR) is 114 cm³/mol. The zero-order chi connectivity index (χ0) is 21.9. The highest BCUT2D eigenvalue weighted by Gasteiger charge is 2.71. The molecule has 0 unspecified atom stereocenters. The quantitative estimate of drug-likeness (QED) is 0.630. The van der Waals surface area contributed by atoms with Crippen LogP contribution in [-0.4, -0.2) is 46.4 Å². The molecule has 1 spiro atoms. The first-order valence-corrected chi connectivity index (χ1v) is 10.7. The lowest BCUT2D eigenvalue weighted by Gasteiger charge is -2.30. The summed E-state index contributed by atoms with van der Waals surface area (Å²) in [6, 6.07) is 13.9. The van der Waals surface area contributed by atoms with Gasteiger partial charge in [0.25, 0.3) is 0 Å². The molecular weight excluding hydrogens is 418 g/mol. The zero-order valence-corrected chi connectivity index (χ0v) is 17.6. The molecule has 0 aliphatic carbocycles. The van der Waals surface area contributed by atoms with Crippen LogP contribution in [0.25, 0.3) is 0 Å². The summed E-state index contributed by atoms with van der Waals surface area (Å²) < 4.78 is 0. The normalized spacial score (nSPS) is 30.0. The number of aliphatic hydroxyl groups excluding tert-OH is 1. The molecule has 2 aromatic rings. The summed E-state index contributed by atoms with van der Waals surface area (Å²) in [4.78, 5) is 41.4. The van der Waals surface area contributed by atoms with Crippen LogP contribution in [0.1, 0.15) is 18.1 Å². The number of aliphatic hydroxyl groups is 1. The van der Waals surface area contributed by atoms with E-state index in [-0.39, 0.29) is 12.5 Å². The van der Waals surface area contributed by atoms with Crippen LogP contribution < -0.4 is 10.6 Å². The number of nitrogens with zero attached hydrogens (tertiary/aromatic N) is 1. The topological polar surface area (TPSA) is 98.7 Å². The van der Waals surface area contributed by atoms with Crippen LogP contribution in [0.5, 0.6) is 0 Å². The van der Waals surface area contributed by atoms with Gasteiger partial charge in [-0.25, -0.2) is 0 Å². The van der Waals surface area contributed by atoms with Gasteiger partial charge in [-0.15, -0.1) is 0 Å². The van der Waals surface area contributed by atoms with Crippen molar-refractivity contribution in [2.24, 2.45) is 11.8 Å². The van der Waals surface area contributed by atoms with Gasteiger partial charge in [-0.05, 0) is 37.1 Å². The molecule has 31 heavy (non-hydrogen) atoms. The van der Waals surface area contributed by atoms with Gasteiger partial charge >= 0.3 is 0 Å². The molecule has 0 saturated carbocycles. The molecule has 2 aromatic carbocycles. The number of imide groups is 1. The van der Waals surface area contributed by atoms with Gasteiger partial charge in [0.1, 0.15) is 5.54 Å². The van der Waals surface area contributed by atoms with Gasteiger partial charge < -0.3 is 10.4 Å². The molecule has 7 nitrogen and oxygen atoms in total. The van der Waals surface area contributed by atoms with Gasteiger partial charge in [0, 0.05) is 28.9 Å². The molecule has 5 rings (SSSR count). The van der Waals surface area contributed by atoms with Crippen molar-refractivity contribution in [2.75, 3.05) is 11.9 Å². The van der Waals surface area contributed by atoms with Crippen molar-refractivity contribution >= 4 is 35.0 Å². The summed E-state index contributed by atoms with van der Waals surface area (Å²) in [7, 11) is 0. The summed E-state index contributed by atoms with van der Waals surface area (Å²) in [5.74, 6) is -2.95. The van der Waals surface area contributed by atoms with Crippen molar-refractivity contribution in [3.63, 3.8) is 0 Å². The maximum absolute atomic E-state index is 13.6. The van der Waals surface area contributed by atoms with Crippen molar-refractivity contribution in [2.45, 2.75) is 31.0 Å². The van der Waals surface area contributed by atoms with Crippen molar-refractivity contribution in [1.29, 1.82) is 0 Å². The van der Waals surface area contributed by atoms with Crippen molar-refractivity contribution < 1.29 is 19.5 Å². The average Bonchev–Trinajstić information content (AvgIpc) is 3.33. The van der Waals surface area contributed by atoms with Crippen LogP contribution >= 0.6 is 11.6 Å². The van der Waals surface area contributed by atoms with E-state index in [0.29, 0.717) is 22.7 Å². The van der Waals surface area contributed by atoms with Gasteiger partial charge in [-0.2, -0.15) is 0 Å². The molecule has 0 radical (unpaired) electrons. The van der Waals surface area contributed by atoms with Crippen LogP contribution in [0.4, 0.5) is 5.69 Å². The maximum atomic E-state index is 13.6. The van der Waals surface area contributed by atoms with E-state index in [0.717, 1.165) is 5.56 Å². The van der Waals surface area contributed by atoms with E-state index in [1.807, 2.05) is 30.3 Å². The molecule has 2 saturated heterocycles. The standard InChI is InChI=1S/C23H22ClN3O4/c1-12(28)19-17-18(21(30)27(20(17)29)10-9-13-5-3-2-4-6-13)23(26-19)15-11-14(24)7-8-16(15)25-22(23)31/h2-8,11-12,17-19,26,28H,9-10H2,1H3,(H,25,31)/t12-,17-,18+,19+,23+/m1/s1. The Hall–Kier alpha value is -2.74. The zero-order valence-electron chi connectivity index (χ0n) is 16.8. The van der Waals surface area contributed by atoms with Gasteiger partial charge in [0.2, 0.25) is 17.7 Å². The molecule has 3 N–H and O–H groups in total. The smallest absolute Gasteiger partial charge is 0.250 e. The lowest BCUT2D eigenvalue weighted by atomic mass is 9.76. The van der Waals surface area contributed by atoms with E-state index in [1.54, 1.807) is 25.1 Å². The van der Waals surface area contributed by atoms with Crippen LogP contribution in [0.2, 0.25) is 5.02 Å². The maximum Gasteiger partial charge on any atom is 0.250 e. The fourth-order valence-electron chi connectivity index (χ4n) is 5.28. The third-order valence-electron chi connectivity index (χ3n) is 6.69. The number of nitrogens with one attached hydrogen (secondary N) is 2. The van der Waals surface area contributed by atoms with Crippen molar-refractivity contribution in [1.82, 2.24) is 10.2 Å². The number of fused-ring (bicyclic) bond motifs is 4. The Balaban J connectivity index is 1.55. The Morgan fingerprint density at radius 1 is 1.13 bits per heavy atom. The summed E-state index contributed by atoms with van der Waals surface area (Å²) in [5.41, 5.74) is 0.653. The Kier molecular flexibility index (Phi) is 4.66. The molecule has 0 bridgehead atoms. The van der Waals surface area contributed by atoms with Crippen LogP contribution in [0, 0.1) is 11.8 Å². The lowest BCUT2D eigenvalue weighted by molar-refractivity contribution is -0.143. The minimum atomic E-state index is -1.44. The largest absolute Gasteiger partial charge is 0.392 e. The molecule has 2 fully saturated rings. The summed E-state index contributed by atoms with van der Waals surface area (Å²) >= 11 is 6.21. The Morgan fingerprint density at radius 3 is 2.58 bits per heavy atom. The highest BCUT2D eigenvalue weighted by atomic mass is 35.5. The first kappa shape index (κ1) is 20.2. The third-order valence-corrected chi connectivity index (χ3v) is 6.92. The average molecular weight is 440 g/mol. The number of carbonyl (C=O) groups excluding carboxylic acids is 3. The van der Waals surface area contributed by atoms with E-state index >= 15 is 0 Å². The number of amides is 3. The predicted octanol–water partition coefficient (Wildman–Crippen LogP) is 1.68. The second-order valence-corrected chi connectivity index (χ2v) is 8.87. The van der Waals surface area contributed by atoms with Crippen LogP contribution in [-0.2, 0) is 26.3 Å². The third kappa shape index (κ3) is 2.84. The number of likely N-dealkylation sites (tertiary alicyclic amines) is 1. The summed E-state index contributed by atoms with van der Waals surface area (Å²) in [6.07, 6.45) is -0.416. The minimum absolute atomic E-state index is 0.224. The first-order valence-electron chi connectivity index (χ1n) is 10.3. The highest BCUT2D eigenvalue weighted by Crippen LogP contribution is 2.53. The number of anilines is 1. The van der Waals surface area contributed by atoms with Crippen LogP contribution in [0.3, 0.4) is 0 Å². The molecule has 3 heterocycles. The van der Waals surface area contributed by atoms with Gasteiger partial charge in [0.15, 0.2) is 0 Å². The SMILES string of the molecule is C[C@@H](O)[C@@H]1N[C@]2(C(=O)Nc3ccc(Cl)cc32)[C@@H]2C(=O)N(CCc3ccccc3)C(=O)[C@@H]12. The molecule has 8 heteroatoms. The molecule has 3 aliphatic rings. The van der Waals surface area contributed by atoms with Gasteiger partial charge in [-0.1, -0.05) is 41.9 Å². The number of hydrogen-bond donors (Lipinski definition) is 3. The highest BCUT2D eigenvalue weighted by molar-refractivity contribution is 6.31. The first-order chi connectivity index (χ1) is 14.8. The molecule has 5 atom stereocenters. The fraction of sp³-hybridized carbons (Fsp3) is 0.348. The molecule has 3 aliphatic heterocycles. The van der Waals surface area contributed by atoms with Gasteiger partial charge in [0.05, 0.1) is 17.9 Å². The number of hydrogen-bond acceptors (Lipinski definition) is 5. The lowest BCUT2D eigenvalue weighted by Crippen LogP contribution is -2.55. The minimum Gasteiger partial charge on any atom is -0.392 e. The second-order valence-electron chi connectivity index (χ2n) is 8.43. The molecule has 160 valence electrons.